The smallest absolute Gasteiger partial charge is 0.314 e. The van der Waals surface area contributed by atoms with Crippen LogP contribution < -0.4 is 15.5 Å². The molecule has 0 bridgehead atoms. The van der Waals surface area contributed by atoms with E-state index in [0.29, 0.717) is 25.0 Å². The first kappa shape index (κ1) is 19.9. The van der Waals surface area contributed by atoms with Gasteiger partial charge >= 0.3 is 6.03 Å². The zero-order valence-corrected chi connectivity index (χ0v) is 16.6. The topological polar surface area (TPSA) is 47.6 Å². The van der Waals surface area contributed by atoms with Gasteiger partial charge in [0.2, 0.25) is 0 Å². The van der Waals surface area contributed by atoms with Gasteiger partial charge in [-0.2, -0.15) is 0 Å². The summed E-state index contributed by atoms with van der Waals surface area (Å²) in [6.45, 7) is 9.97. The van der Waals surface area contributed by atoms with Gasteiger partial charge in [0.1, 0.15) is 5.82 Å². The van der Waals surface area contributed by atoms with Crippen molar-refractivity contribution in [3.63, 3.8) is 0 Å². The van der Waals surface area contributed by atoms with Crippen LogP contribution in [0.25, 0.3) is 0 Å². The molecule has 150 valence electrons. The van der Waals surface area contributed by atoms with Crippen LogP contribution in [-0.2, 0) is 0 Å². The molecule has 2 saturated heterocycles. The van der Waals surface area contributed by atoms with Crippen molar-refractivity contribution >= 4 is 11.7 Å². The van der Waals surface area contributed by atoms with Gasteiger partial charge in [-0.3, -0.25) is 4.90 Å². The second kappa shape index (κ2) is 9.40. The summed E-state index contributed by atoms with van der Waals surface area (Å²) in [6, 6.07) is 6.93. The molecule has 6 heteroatoms. The Hall–Kier alpha value is -1.82. The Kier molecular flexibility index (Phi) is 6.94. The molecular formula is C21H33FN4O. The van der Waals surface area contributed by atoms with Crippen LogP contribution in [0, 0.1) is 17.7 Å². The average Bonchev–Trinajstić information content (AvgIpc) is 3.14. The Morgan fingerprint density at radius 3 is 2.70 bits per heavy atom. The number of hydrogen-bond acceptors (Lipinski definition) is 3. The second-order valence-electron chi connectivity index (χ2n) is 8.26. The number of carbonyl (C=O) groups excluding carboxylic acids is 1. The molecule has 0 saturated carbocycles. The fourth-order valence-electron chi connectivity index (χ4n) is 4.18. The van der Waals surface area contributed by atoms with E-state index in [4.69, 9.17) is 0 Å². The van der Waals surface area contributed by atoms with E-state index in [2.05, 4.69) is 34.3 Å². The van der Waals surface area contributed by atoms with Gasteiger partial charge in [0.15, 0.2) is 0 Å². The summed E-state index contributed by atoms with van der Waals surface area (Å²) in [6.07, 6.45) is 3.61. The van der Waals surface area contributed by atoms with Gasteiger partial charge in [-0.25, -0.2) is 9.18 Å². The molecule has 0 aliphatic carbocycles. The lowest BCUT2D eigenvalue weighted by molar-refractivity contribution is 0.137. The van der Waals surface area contributed by atoms with Crippen molar-refractivity contribution in [1.82, 2.24) is 15.5 Å². The summed E-state index contributed by atoms with van der Waals surface area (Å²) in [7, 11) is 0. The number of halogens is 1. The first-order chi connectivity index (χ1) is 13.0. The van der Waals surface area contributed by atoms with Crippen LogP contribution in [0.3, 0.4) is 0 Å². The SMILES string of the molecule is C[C@@H]1CCCN([C@@H](C)CNC(=O)NC[C@@H]2CCN(c3ccc(F)cc3)C2)C1. The number of likely N-dealkylation sites (tertiary alicyclic amines) is 1. The number of anilines is 1. The molecule has 0 radical (unpaired) electrons. The van der Waals surface area contributed by atoms with Crippen molar-refractivity contribution in [3.8, 4) is 0 Å². The Morgan fingerprint density at radius 2 is 1.96 bits per heavy atom. The Labute approximate surface area is 162 Å². The number of nitrogens with zero attached hydrogens (tertiary/aromatic N) is 2. The number of benzene rings is 1. The van der Waals surface area contributed by atoms with Crippen LogP contribution >= 0.6 is 0 Å². The number of rotatable bonds is 6. The third-order valence-corrected chi connectivity index (χ3v) is 5.90. The first-order valence-electron chi connectivity index (χ1n) is 10.3. The minimum Gasteiger partial charge on any atom is -0.371 e. The highest BCUT2D eigenvalue weighted by atomic mass is 19.1. The van der Waals surface area contributed by atoms with Gasteiger partial charge in [0, 0.05) is 44.5 Å². The molecular weight excluding hydrogens is 343 g/mol. The number of piperidine rings is 1. The fraction of sp³-hybridized carbons (Fsp3) is 0.667. The van der Waals surface area contributed by atoms with Gasteiger partial charge < -0.3 is 15.5 Å². The van der Waals surface area contributed by atoms with Gasteiger partial charge in [0.25, 0.3) is 0 Å². The minimum atomic E-state index is -0.207. The molecule has 2 aliphatic heterocycles. The van der Waals surface area contributed by atoms with E-state index < -0.39 is 0 Å². The lowest BCUT2D eigenvalue weighted by atomic mass is 9.99. The molecule has 1 aromatic rings. The predicted octanol–water partition coefficient (Wildman–Crippen LogP) is 3.07. The van der Waals surface area contributed by atoms with Gasteiger partial charge in [0.05, 0.1) is 0 Å². The summed E-state index contributed by atoms with van der Waals surface area (Å²) in [4.78, 5) is 16.9. The van der Waals surface area contributed by atoms with Crippen LogP contribution in [0.2, 0.25) is 0 Å². The summed E-state index contributed by atoms with van der Waals surface area (Å²) >= 11 is 0. The molecule has 0 aromatic heterocycles. The maximum Gasteiger partial charge on any atom is 0.314 e. The van der Waals surface area contributed by atoms with E-state index in [-0.39, 0.29) is 11.8 Å². The summed E-state index contributed by atoms with van der Waals surface area (Å²) in [5, 5.41) is 6.04. The van der Waals surface area contributed by atoms with E-state index >= 15 is 0 Å². The van der Waals surface area contributed by atoms with E-state index in [1.165, 1.54) is 25.0 Å². The third-order valence-electron chi connectivity index (χ3n) is 5.90. The molecule has 27 heavy (non-hydrogen) atoms. The Balaban J connectivity index is 1.34. The van der Waals surface area contributed by atoms with Crippen LogP contribution in [0.1, 0.15) is 33.1 Å². The van der Waals surface area contributed by atoms with Crippen molar-refractivity contribution in [2.75, 3.05) is 44.2 Å². The molecule has 3 rings (SSSR count). The van der Waals surface area contributed by atoms with Crippen molar-refractivity contribution < 1.29 is 9.18 Å². The number of amides is 2. The molecule has 5 nitrogen and oxygen atoms in total. The van der Waals surface area contributed by atoms with E-state index in [0.717, 1.165) is 44.2 Å². The van der Waals surface area contributed by atoms with E-state index in [9.17, 15) is 9.18 Å². The molecule has 2 N–H and O–H groups in total. The minimum absolute atomic E-state index is 0.0767. The highest BCUT2D eigenvalue weighted by Crippen LogP contribution is 2.23. The highest BCUT2D eigenvalue weighted by molar-refractivity contribution is 5.73. The second-order valence-corrected chi connectivity index (χ2v) is 8.26. The molecule has 3 atom stereocenters. The van der Waals surface area contributed by atoms with E-state index in [1.54, 1.807) is 0 Å². The highest BCUT2D eigenvalue weighted by Gasteiger charge is 2.24. The van der Waals surface area contributed by atoms with Crippen LogP contribution in [0.15, 0.2) is 24.3 Å². The Bertz CT molecular complexity index is 609. The van der Waals surface area contributed by atoms with E-state index in [1.807, 2.05) is 12.1 Å². The maximum absolute atomic E-state index is 13.1. The maximum atomic E-state index is 13.1. The number of carbonyl (C=O) groups is 1. The molecule has 1 aromatic carbocycles. The zero-order valence-electron chi connectivity index (χ0n) is 16.6. The lowest BCUT2D eigenvalue weighted by Gasteiger charge is -2.35. The van der Waals surface area contributed by atoms with Crippen molar-refractivity contribution in [2.24, 2.45) is 11.8 Å². The van der Waals surface area contributed by atoms with Gasteiger partial charge in [-0.05, 0) is 68.8 Å². The van der Waals surface area contributed by atoms with Crippen LogP contribution in [0.4, 0.5) is 14.9 Å². The van der Waals surface area contributed by atoms with Crippen LogP contribution in [-0.4, -0.2) is 56.2 Å². The largest absolute Gasteiger partial charge is 0.371 e. The number of hydrogen-bond donors (Lipinski definition) is 2. The predicted molar refractivity (Wildman–Crippen MR) is 108 cm³/mol. The normalized spacial score (nSPS) is 24.6. The molecule has 0 spiro atoms. The summed E-state index contributed by atoms with van der Waals surface area (Å²) in [5.74, 6) is 0.976. The molecule has 0 unspecified atom stereocenters. The first-order valence-corrected chi connectivity index (χ1v) is 10.3. The molecule has 2 fully saturated rings. The third kappa shape index (κ3) is 5.83. The monoisotopic (exact) mass is 376 g/mol. The molecule has 2 heterocycles. The van der Waals surface area contributed by atoms with Crippen LogP contribution in [0.5, 0.6) is 0 Å². The zero-order chi connectivity index (χ0) is 19.2. The summed E-state index contributed by atoms with van der Waals surface area (Å²) < 4.78 is 13.1. The quantitative estimate of drug-likeness (QED) is 0.802. The van der Waals surface area contributed by atoms with Crippen molar-refractivity contribution in [3.05, 3.63) is 30.1 Å². The molecule has 2 aliphatic rings. The number of urea groups is 1. The average molecular weight is 377 g/mol. The Morgan fingerprint density at radius 1 is 1.19 bits per heavy atom. The van der Waals surface area contributed by atoms with Gasteiger partial charge in [-0.1, -0.05) is 6.92 Å². The van der Waals surface area contributed by atoms with Gasteiger partial charge in [-0.15, -0.1) is 0 Å². The fourth-order valence-corrected chi connectivity index (χ4v) is 4.18. The van der Waals surface area contributed by atoms with Crippen molar-refractivity contribution in [1.29, 1.82) is 0 Å². The molecule has 2 amide bonds. The standard InChI is InChI=1S/C21H33FN4O/c1-16-4-3-10-25(14-16)17(2)12-23-21(27)24-13-18-9-11-26(15-18)20-7-5-19(22)6-8-20/h5-8,16-18H,3-4,9-15H2,1-2H3,(H2,23,24,27)/t16-,17+,18+/m1/s1. The lowest BCUT2D eigenvalue weighted by Crippen LogP contribution is -2.48. The van der Waals surface area contributed by atoms with Crippen molar-refractivity contribution in [2.45, 2.75) is 39.2 Å². The number of nitrogens with one attached hydrogen (secondary N) is 2. The summed E-state index contributed by atoms with van der Waals surface area (Å²) in [5.41, 5.74) is 1.05.